The van der Waals surface area contributed by atoms with Gasteiger partial charge in [0.05, 0.1) is 10.7 Å². The fourth-order valence-corrected chi connectivity index (χ4v) is 1.84. The number of rotatable bonds is 0. The molecule has 0 aliphatic carbocycles. The zero-order chi connectivity index (χ0) is 10.6. The first kappa shape index (κ1) is 9.02. The summed E-state index contributed by atoms with van der Waals surface area (Å²) in [6, 6.07) is 2.77. The highest BCUT2D eigenvalue weighted by Gasteiger charge is 2.31. The first-order chi connectivity index (χ1) is 7.03. The van der Waals surface area contributed by atoms with Crippen LogP contribution in [-0.2, 0) is 0 Å². The molecule has 1 aromatic rings. The minimum atomic E-state index is -3.37. The Balaban J connectivity index is 2.24. The van der Waals surface area contributed by atoms with Gasteiger partial charge in [0.1, 0.15) is 0 Å². The normalized spacial score (nSPS) is 20.7. The molecule has 2 aliphatic rings. The van der Waals surface area contributed by atoms with Gasteiger partial charge in [-0.05, 0) is 0 Å². The Labute approximate surface area is 90.4 Å². The first-order valence-corrected chi connectivity index (χ1v) is 4.94. The lowest BCUT2D eigenvalue weighted by Gasteiger charge is -1.97. The van der Waals surface area contributed by atoms with Crippen molar-refractivity contribution in [2.24, 2.45) is 9.98 Å². The van der Waals surface area contributed by atoms with Crippen molar-refractivity contribution < 1.29 is 18.3 Å². The Kier molecular flexibility index (Phi) is 1.60. The number of halogens is 3. The standard InChI is InChI=1S/C8H3BrF2N2O2/c9-7-14-5-1-3-4(2-6(5)15-7)13-8(10,11)12-3/h1-2,7H. The van der Waals surface area contributed by atoms with Crippen LogP contribution in [0.25, 0.3) is 0 Å². The van der Waals surface area contributed by atoms with Gasteiger partial charge in [-0.1, -0.05) is 0 Å². The molecule has 1 aromatic carbocycles. The van der Waals surface area contributed by atoms with Gasteiger partial charge < -0.3 is 9.47 Å². The molecule has 0 N–H and O–H groups in total. The summed E-state index contributed by atoms with van der Waals surface area (Å²) in [5.74, 6) is 0.763. The summed E-state index contributed by atoms with van der Waals surface area (Å²) in [5.41, 5.74) is 0. The second-order valence-electron chi connectivity index (χ2n) is 3.03. The highest BCUT2D eigenvalue weighted by molar-refractivity contribution is 9.09. The van der Waals surface area contributed by atoms with Gasteiger partial charge in [0.25, 0.3) is 5.20 Å². The molecule has 0 amide bonds. The van der Waals surface area contributed by atoms with Crippen molar-refractivity contribution in [1.29, 1.82) is 0 Å². The van der Waals surface area contributed by atoms with Gasteiger partial charge in [-0.25, -0.2) is 0 Å². The Morgan fingerprint density at radius 1 is 1.13 bits per heavy atom. The molecule has 2 heterocycles. The molecule has 0 atom stereocenters. The highest BCUT2D eigenvalue weighted by Crippen LogP contribution is 2.34. The van der Waals surface area contributed by atoms with E-state index in [0.29, 0.717) is 11.5 Å². The van der Waals surface area contributed by atoms with Gasteiger partial charge in [-0.3, -0.25) is 0 Å². The number of hydrogen-bond acceptors (Lipinski definition) is 4. The van der Waals surface area contributed by atoms with Gasteiger partial charge in [0, 0.05) is 28.1 Å². The summed E-state index contributed by atoms with van der Waals surface area (Å²) < 4.78 is 35.8. The molecule has 0 spiro atoms. The van der Waals surface area contributed by atoms with Crippen LogP contribution in [0.3, 0.4) is 0 Å². The summed E-state index contributed by atoms with van der Waals surface area (Å²) in [7, 11) is 0. The monoisotopic (exact) mass is 276 g/mol. The first-order valence-electron chi connectivity index (χ1n) is 4.02. The van der Waals surface area contributed by atoms with E-state index in [-0.39, 0.29) is 10.7 Å². The predicted molar refractivity (Wildman–Crippen MR) is 47.7 cm³/mol. The average Bonchev–Trinajstić information content (AvgIpc) is 2.55. The topological polar surface area (TPSA) is 43.2 Å². The molecule has 7 heteroatoms. The number of fused-ring (bicyclic) bond motifs is 2. The van der Waals surface area contributed by atoms with Crippen molar-refractivity contribution in [3.05, 3.63) is 22.8 Å². The van der Waals surface area contributed by atoms with Crippen LogP contribution >= 0.6 is 15.9 Å². The largest absolute Gasteiger partial charge is 0.450 e. The fourth-order valence-electron chi connectivity index (χ4n) is 1.44. The molecule has 0 fully saturated rings. The number of nitrogens with zero attached hydrogens (tertiary/aromatic N) is 2. The number of benzene rings is 1. The van der Waals surface area contributed by atoms with Gasteiger partial charge >= 0.3 is 6.17 Å². The van der Waals surface area contributed by atoms with E-state index in [2.05, 4.69) is 25.9 Å². The fraction of sp³-hybridized carbons (Fsp3) is 0.250. The minimum Gasteiger partial charge on any atom is -0.441 e. The van der Waals surface area contributed by atoms with E-state index >= 15 is 0 Å². The average molecular weight is 277 g/mol. The molecule has 15 heavy (non-hydrogen) atoms. The lowest BCUT2D eigenvalue weighted by Crippen LogP contribution is -2.20. The quantitative estimate of drug-likeness (QED) is 0.523. The van der Waals surface area contributed by atoms with Crippen molar-refractivity contribution in [2.45, 2.75) is 11.4 Å². The van der Waals surface area contributed by atoms with E-state index in [9.17, 15) is 8.78 Å². The van der Waals surface area contributed by atoms with E-state index in [4.69, 9.17) is 9.47 Å². The number of alkyl halides is 3. The van der Waals surface area contributed by atoms with E-state index in [1.54, 1.807) is 0 Å². The maximum atomic E-state index is 12.8. The van der Waals surface area contributed by atoms with Crippen LogP contribution in [0.15, 0.2) is 22.1 Å². The molecule has 2 aliphatic heterocycles. The van der Waals surface area contributed by atoms with Crippen molar-refractivity contribution in [3.8, 4) is 11.5 Å². The molecule has 0 saturated carbocycles. The Hall–Kier alpha value is -1.24. The van der Waals surface area contributed by atoms with Gasteiger partial charge in [0.15, 0.2) is 11.5 Å². The van der Waals surface area contributed by atoms with Gasteiger partial charge in [-0.2, -0.15) is 18.8 Å². The number of ether oxygens (including phenoxy) is 2. The van der Waals surface area contributed by atoms with Crippen LogP contribution in [0, 0.1) is 0 Å². The zero-order valence-corrected chi connectivity index (χ0v) is 8.66. The molecule has 0 aromatic heterocycles. The van der Waals surface area contributed by atoms with Gasteiger partial charge in [-0.15, -0.1) is 0 Å². The molecule has 0 bridgehead atoms. The Bertz CT molecular complexity index is 513. The minimum absolute atomic E-state index is 0.115. The molecular formula is C8H3BrF2N2O2. The van der Waals surface area contributed by atoms with E-state index in [0.717, 1.165) is 0 Å². The molecular weight excluding hydrogens is 274 g/mol. The summed E-state index contributed by atoms with van der Waals surface area (Å²) in [6.45, 7) is 0. The molecule has 4 nitrogen and oxygen atoms in total. The van der Waals surface area contributed by atoms with Crippen LogP contribution in [0.4, 0.5) is 8.78 Å². The second-order valence-corrected chi connectivity index (χ2v) is 3.78. The summed E-state index contributed by atoms with van der Waals surface area (Å²) >= 11 is 3.08. The summed E-state index contributed by atoms with van der Waals surface area (Å²) in [5, 5.41) is -0.358. The lowest BCUT2D eigenvalue weighted by molar-refractivity contribution is 0.0194. The predicted octanol–water partition coefficient (Wildman–Crippen LogP) is 0.939. The van der Waals surface area contributed by atoms with Crippen molar-refractivity contribution >= 4 is 15.9 Å². The molecule has 78 valence electrons. The van der Waals surface area contributed by atoms with E-state index in [1.807, 2.05) is 0 Å². The molecule has 3 rings (SSSR count). The zero-order valence-electron chi connectivity index (χ0n) is 7.08. The van der Waals surface area contributed by atoms with E-state index < -0.39 is 11.4 Å². The maximum Gasteiger partial charge on any atom is 0.450 e. The highest BCUT2D eigenvalue weighted by atomic mass is 79.9. The third kappa shape index (κ3) is 1.38. The Morgan fingerprint density at radius 2 is 1.60 bits per heavy atom. The summed E-state index contributed by atoms with van der Waals surface area (Å²) in [6.07, 6.45) is -3.37. The third-order valence-corrected chi connectivity index (χ3v) is 2.36. The van der Waals surface area contributed by atoms with Crippen molar-refractivity contribution in [1.82, 2.24) is 0 Å². The molecule has 0 unspecified atom stereocenters. The third-order valence-electron chi connectivity index (χ3n) is 1.99. The van der Waals surface area contributed by atoms with Crippen LogP contribution in [0.1, 0.15) is 0 Å². The smallest absolute Gasteiger partial charge is 0.441 e. The van der Waals surface area contributed by atoms with Crippen LogP contribution < -0.4 is 20.2 Å². The van der Waals surface area contributed by atoms with Crippen LogP contribution in [0.2, 0.25) is 0 Å². The van der Waals surface area contributed by atoms with Crippen LogP contribution in [0.5, 0.6) is 11.5 Å². The van der Waals surface area contributed by atoms with Gasteiger partial charge in [0.2, 0.25) is 0 Å². The maximum absolute atomic E-state index is 12.8. The SMILES string of the molecule is FC1(F)N=c2cc3c(cc2=N1)OC(Br)O3. The lowest BCUT2D eigenvalue weighted by atomic mass is 10.3. The van der Waals surface area contributed by atoms with Crippen molar-refractivity contribution in [3.63, 3.8) is 0 Å². The molecule has 0 saturated heterocycles. The van der Waals surface area contributed by atoms with Crippen LogP contribution in [-0.4, -0.2) is 11.4 Å². The molecule has 0 radical (unpaired) electrons. The Morgan fingerprint density at radius 3 is 2.07 bits per heavy atom. The van der Waals surface area contributed by atoms with E-state index in [1.165, 1.54) is 12.1 Å². The second kappa shape index (κ2) is 2.66. The summed E-state index contributed by atoms with van der Waals surface area (Å²) in [4.78, 5) is 6.27. The van der Waals surface area contributed by atoms with Crippen molar-refractivity contribution in [2.75, 3.05) is 0 Å². The number of hydrogen-bond donors (Lipinski definition) is 0.